The Morgan fingerprint density at radius 2 is 2.00 bits per heavy atom. The average molecular weight is 305 g/mol. The number of hydrogen-bond donors (Lipinski definition) is 1. The Labute approximate surface area is 117 Å². The summed E-state index contributed by atoms with van der Waals surface area (Å²) in [4.78, 5) is 11.8. The van der Waals surface area contributed by atoms with Gasteiger partial charge in [0.25, 0.3) is 5.91 Å². The third kappa shape index (κ3) is 2.98. The monoisotopic (exact) mass is 304 g/mol. The lowest BCUT2D eigenvalue weighted by Crippen LogP contribution is -2.22. The van der Waals surface area contributed by atoms with E-state index in [2.05, 4.69) is 9.69 Å². The molecule has 0 fully saturated rings. The second kappa shape index (κ2) is 5.65. The molecule has 0 radical (unpaired) electrons. The molecule has 1 N–H and O–H groups in total. The van der Waals surface area contributed by atoms with Gasteiger partial charge in [0.05, 0.1) is 0 Å². The summed E-state index contributed by atoms with van der Waals surface area (Å²) in [6, 6.07) is 5.83. The van der Waals surface area contributed by atoms with Gasteiger partial charge in [0.1, 0.15) is 15.7 Å². The van der Waals surface area contributed by atoms with Crippen molar-refractivity contribution in [2.75, 3.05) is 0 Å². The minimum atomic E-state index is -0.400. The number of benzene rings is 1. The van der Waals surface area contributed by atoms with Gasteiger partial charge >= 0.3 is 0 Å². The van der Waals surface area contributed by atoms with Gasteiger partial charge in [0.2, 0.25) is 0 Å². The first-order valence-corrected chi connectivity index (χ1v) is 6.44. The summed E-state index contributed by atoms with van der Waals surface area (Å²) in [7, 11) is 0. The highest BCUT2D eigenvalue weighted by atomic mass is 35.5. The van der Waals surface area contributed by atoms with E-state index in [-0.39, 0.29) is 27.4 Å². The molecule has 0 bridgehead atoms. The molecule has 0 aliphatic carbocycles. The summed E-state index contributed by atoms with van der Waals surface area (Å²) < 4.78 is 16.7. The molecule has 1 aromatic heterocycles. The molecule has 1 amide bonds. The van der Waals surface area contributed by atoms with Crippen molar-refractivity contribution in [2.45, 2.75) is 6.54 Å². The van der Waals surface area contributed by atoms with Crippen molar-refractivity contribution in [3.05, 3.63) is 50.7 Å². The van der Waals surface area contributed by atoms with Crippen LogP contribution in [-0.2, 0) is 6.54 Å². The number of aromatic nitrogens is 1. The first-order valence-electron chi connectivity index (χ1n) is 4.91. The third-order valence-corrected chi connectivity index (χ3v) is 3.61. The molecule has 0 saturated carbocycles. The van der Waals surface area contributed by atoms with E-state index in [1.54, 1.807) is 12.1 Å². The minimum Gasteiger partial charge on any atom is -0.348 e. The van der Waals surface area contributed by atoms with Crippen LogP contribution in [0.3, 0.4) is 0 Å². The van der Waals surface area contributed by atoms with Crippen LogP contribution in [0.4, 0.5) is 4.39 Å². The first-order chi connectivity index (χ1) is 8.58. The molecule has 3 nitrogen and oxygen atoms in total. The Morgan fingerprint density at radius 3 is 2.56 bits per heavy atom. The Kier molecular flexibility index (Phi) is 4.16. The molecule has 0 aliphatic heterocycles. The predicted octanol–water partition coefficient (Wildman–Crippen LogP) is 3.52. The number of carbonyl (C=O) groups is 1. The Hall–Kier alpha value is -1.17. The van der Waals surface area contributed by atoms with Crippen LogP contribution >= 0.6 is 34.7 Å². The number of halogens is 3. The highest BCUT2D eigenvalue weighted by molar-refractivity contribution is 7.11. The van der Waals surface area contributed by atoms with Gasteiger partial charge in [-0.05, 0) is 29.2 Å². The second-order valence-corrected chi connectivity index (χ2v) is 5.16. The molecule has 94 valence electrons. The fraction of sp³-hybridized carbons (Fsp3) is 0.0909. The Morgan fingerprint density at radius 1 is 1.33 bits per heavy atom. The number of amides is 1. The normalized spacial score (nSPS) is 10.4. The second-order valence-electron chi connectivity index (χ2n) is 3.43. The molecule has 1 heterocycles. The van der Waals surface area contributed by atoms with E-state index in [4.69, 9.17) is 23.2 Å². The van der Waals surface area contributed by atoms with Crippen LogP contribution in [0.15, 0.2) is 24.3 Å². The van der Waals surface area contributed by atoms with Crippen LogP contribution in [0.1, 0.15) is 15.9 Å². The lowest BCUT2D eigenvalue weighted by atomic mass is 10.2. The van der Waals surface area contributed by atoms with E-state index in [0.29, 0.717) is 0 Å². The van der Waals surface area contributed by atoms with Crippen LogP contribution in [-0.4, -0.2) is 10.3 Å². The van der Waals surface area contributed by atoms with Gasteiger partial charge in [0.15, 0.2) is 5.15 Å². The van der Waals surface area contributed by atoms with Gasteiger partial charge in [-0.2, -0.15) is 4.37 Å². The molecule has 7 heteroatoms. The fourth-order valence-corrected chi connectivity index (χ4v) is 2.51. The van der Waals surface area contributed by atoms with Gasteiger partial charge in [0, 0.05) is 6.54 Å². The summed E-state index contributed by atoms with van der Waals surface area (Å²) >= 11 is 12.5. The van der Waals surface area contributed by atoms with E-state index in [9.17, 15) is 9.18 Å². The van der Waals surface area contributed by atoms with E-state index in [1.807, 2.05) is 0 Å². The first kappa shape index (κ1) is 13.3. The van der Waals surface area contributed by atoms with Crippen molar-refractivity contribution in [3.63, 3.8) is 0 Å². The van der Waals surface area contributed by atoms with Crippen LogP contribution < -0.4 is 5.32 Å². The van der Waals surface area contributed by atoms with Gasteiger partial charge < -0.3 is 5.32 Å². The van der Waals surface area contributed by atoms with E-state index in [1.165, 1.54) is 12.1 Å². The molecular formula is C11H7Cl2FN2OS. The van der Waals surface area contributed by atoms with Crippen LogP contribution in [0.2, 0.25) is 9.49 Å². The number of hydrogen-bond acceptors (Lipinski definition) is 3. The smallest absolute Gasteiger partial charge is 0.257 e. The molecule has 0 atom stereocenters. The number of carbonyl (C=O) groups excluding carboxylic acids is 1. The van der Waals surface area contributed by atoms with Crippen molar-refractivity contribution in [2.24, 2.45) is 0 Å². The predicted molar refractivity (Wildman–Crippen MR) is 69.7 cm³/mol. The van der Waals surface area contributed by atoms with Gasteiger partial charge in [-0.1, -0.05) is 35.3 Å². The molecule has 2 aromatic rings. The Balaban J connectivity index is 2.03. The summed E-state index contributed by atoms with van der Waals surface area (Å²) in [6.07, 6.45) is 0. The summed E-state index contributed by atoms with van der Waals surface area (Å²) in [5.74, 6) is -0.721. The molecule has 0 aliphatic rings. The van der Waals surface area contributed by atoms with Crippen LogP contribution in [0.25, 0.3) is 0 Å². The zero-order valence-electron chi connectivity index (χ0n) is 8.91. The lowest BCUT2D eigenvalue weighted by molar-refractivity contribution is 0.0951. The molecule has 0 spiro atoms. The van der Waals surface area contributed by atoms with Crippen molar-refractivity contribution in [1.82, 2.24) is 9.69 Å². The zero-order chi connectivity index (χ0) is 13.1. The lowest BCUT2D eigenvalue weighted by Gasteiger charge is -2.04. The van der Waals surface area contributed by atoms with Crippen LogP contribution in [0, 0.1) is 5.82 Å². The minimum absolute atomic E-state index is 0.0848. The standard InChI is InChI=1S/C11H7Cl2FN2OS/c12-9-8(10(13)18-16-9)11(17)15-5-6-1-3-7(14)4-2-6/h1-4H,5H2,(H,15,17). The Bertz CT molecular complexity index is 551. The highest BCUT2D eigenvalue weighted by Crippen LogP contribution is 2.27. The maximum absolute atomic E-state index is 12.7. The molecular weight excluding hydrogens is 298 g/mol. The fourth-order valence-electron chi connectivity index (χ4n) is 1.31. The van der Waals surface area contributed by atoms with Crippen molar-refractivity contribution in [1.29, 1.82) is 0 Å². The zero-order valence-corrected chi connectivity index (χ0v) is 11.2. The van der Waals surface area contributed by atoms with E-state index < -0.39 is 5.91 Å². The summed E-state index contributed by atoms with van der Waals surface area (Å²) in [5.41, 5.74) is 0.950. The summed E-state index contributed by atoms with van der Waals surface area (Å²) in [6.45, 7) is 0.265. The number of nitrogens with one attached hydrogen (secondary N) is 1. The SMILES string of the molecule is O=C(NCc1ccc(F)cc1)c1c(Cl)nsc1Cl. The topological polar surface area (TPSA) is 42.0 Å². The van der Waals surface area contributed by atoms with Crippen molar-refractivity contribution in [3.8, 4) is 0 Å². The van der Waals surface area contributed by atoms with E-state index in [0.717, 1.165) is 17.1 Å². The number of rotatable bonds is 3. The summed E-state index contributed by atoms with van der Waals surface area (Å²) in [5, 5.41) is 2.72. The van der Waals surface area contributed by atoms with Crippen molar-refractivity contribution >= 4 is 40.6 Å². The molecule has 1 aromatic carbocycles. The maximum atomic E-state index is 12.7. The van der Waals surface area contributed by atoms with E-state index >= 15 is 0 Å². The molecule has 0 saturated heterocycles. The van der Waals surface area contributed by atoms with Crippen molar-refractivity contribution < 1.29 is 9.18 Å². The van der Waals surface area contributed by atoms with Gasteiger partial charge in [-0.25, -0.2) is 4.39 Å². The van der Waals surface area contributed by atoms with Gasteiger partial charge in [-0.3, -0.25) is 4.79 Å². The highest BCUT2D eigenvalue weighted by Gasteiger charge is 2.18. The third-order valence-electron chi connectivity index (χ3n) is 2.20. The number of nitrogens with zero attached hydrogens (tertiary/aromatic N) is 1. The largest absolute Gasteiger partial charge is 0.348 e. The molecule has 18 heavy (non-hydrogen) atoms. The quantitative estimate of drug-likeness (QED) is 0.942. The maximum Gasteiger partial charge on any atom is 0.257 e. The van der Waals surface area contributed by atoms with Gasteiger partial charge in [-0.15, -0.1) is 0 Å². The molecule has 2 rings (SSSR count). The van der Waals surface area contributed by atoms with Crippen LogP contribution in [0.5, 0.6) is 0 Å². The molecule has 0 unspecified atom stereocenters. The average Bonchev–Trinajstić information content (AvgIpc) is 2.68.